The zero-order valence-electron chi connectivity index (χ0n) is 11.7. The Morgan fingerprint density at radius 3 is 2.32 bits per heavy atom. The van der Waals surface area contributed by atoms with E-state index in [1.165, 1.54) is 6.08 Å². The van der Waals surface area contributed by atoms with Gasteiger partial charge in [-0.05, 0) is 34.8 Å². The van der Waals surface area contributed by atoms with Crippen molar-refractivity contribution in [3.8, 4) is 0 Å². The molecule has 2 aromatic carbocycles. The van der Waals surface area contributed by atoms with E-state index in [-0.39, 0.29) is 5.91 Å². The van der Waals surface area contributed by atoms with Gasteiger partial charge in [-0.3, -0.25) is 4.79 Å². The highest BCUT2D eigenvalue weighted by Crippen LogP contribution is 2.10. The number of carbonyl (C=O) groups excluding carboxylic acids is 1. The summed E-state index contributed by atoms with van der Waals surface area (Å²) in [4.78, 5) is 11.7. The maximum absolute atomic E-state index is 11.7. The van der Waals surface area contributed by atoms with E-state index in [4.69, 9.17) is 21.6 Å². The van der Waals surface area contributed by atoms with Gasteiger partial charge >= 0.3 is 7.12 Å². The fraction of sp³-hybridized carbons (Fsp3) is 0.0625. The minimum atomic E-state index is -1.48. The first-order valence-corrected chi connectivity index (χ1v) is 7.09. The lowest BCUT2D eigenvalue weighted by atomic mass is 9.80. The molecule has 0 aliphatic heterocycles. The Hall–Kier alpha value is -2.08. The summed E-state index contributed by atoms with van der Waals surface area (Å²) in [5.74, 6) is -0.207. The molecule has 22 heavy (non-hydrogen) atoms. The third-order valence-electron chi connectivity index (χ3n) is 3.04. The summed E-state index contributed by atoms with van der Waals surface area (Å²) in [6.45, 7) is 0.367. The molecule has 3 N–H and O–H groups in total. The monoisotopic (exact) mass is 315 g/mol. The number of carbonyl (C=O) groups is 1. The summed E-state index contributed by atoms with van der Waals surface area (Å²) in [6.07, 6.45) is 3.16. The normalized spacial score (nSPS) is 10.7. The first-order valence-electron chi connectivity index (χ1n) is 6.71. The second kappa shape index (κ2) is 7.80. The Bertz CT molecular complexity index is 654. The predicted octanol–water partition coefficient (Wildman–Crippen LogP) is 1.35. The van der Waals surface area contributed by atoms with Gasteiger partial charge in [0.05, 0.1) is 0 Å². The first-order chi connectivity index (χ1) is 10.5. The zero-order valence-corrected chi connectivity index (χ0v) is 12.5. The molecule has 0 heterocycles. The number of nitrogens with one attached hydrogen (secondary N) is 1. The molecular weight excluding hydrogens is 300 g/mol. The van der Waals surface area contributed by atoms with Crippen LogP contribution in [0.5, 0.6) is 0 Å². The second-order valence-corrected chi connectivity index (χ2v) is 5.15. The molecule has 0 unspecified atom stereocenters. The van der Waals surface area contributed by atoms with Crippen LogP contribution < -0.4 is 10.8 Å². The van der Waals surface area contributed by atoms with Crippen LogP contribution in [0, 0.1) is 0 Å². The van der Waals surface area contributed by atoms with Crippen molar-refractivity contribution in [2.45, 2.75) is 6.54 Å². The van der Waals surface area contributed by atoms with E-state index in [1.54, 1.807) is 42.5 Å². The smallest absolute Gasteiger partial charge is 0.423 e. The Morgan fingerprint density at radius 1 is 1.09 bits per heavy atom. The summed E-state index contributed by atoms with van der Waals surface area (Å²) >= 11 is 5.79. The van der Waals surface area contributed by atoms with E-state index < -0.39 is 7.12 Å². The molecular formula is C16H15BClNO3. The largest absolute Gasteiger partial charge is 0.488 e. The minimum absolute atomic E-state index is 0.207. The Morgan fingerprint density at radius 2 is 1.73 bits per heavy atom. The molecule has 0 fully saturated rings. The van der Waals surface area contributed by atoms with Gasteiger partial charge in [0, 0.05) is 17.6 Å². The van der Waals surface area contributed by atoms with Crippen molar-refractivity contribution in [1.82, 2.24) is 5.32 Å². The molecule has 112 valence electrons. The topological polar surface area (TPSA) is 69.6 Å². The van der Waals surface area contributed by atoms with Crippen LogP contribution in [0.1, 0.15) is 11.1 Å². The van der Waals surface area contributed by atoms with Crippen LogP contribution in [-0.4, -0.2) is 23.1 Å². The quantitative estimate of drug-likeness (QED) is 0.576. The molecule has 0 aliphatic carbocycles. The standard InChI is InChI=1S/C16H15BClNO3/c18-15-8-3-12(4-9-15)5-10-16(20)19-11-13-1-6-14(7-2-13)17(21)22/h1-10,21-22H,11H2,(H,19,20)/b10-5+. The van der Waals surface area contributed by atoms with Crippen LogP contribution in [0.2, 0.25) is 5.02 Å². The van der Waals surface area contributed by atoms with E-state index in [2.05, 4.69) is 5.32 Å². The summed E-state index contributed by atoms with van der Waals surface area (Å²) in [7, 11) is -1.48. The number of benzene rings is 2. The zero-order chi connectivity index (χ0) is 15.9. The molecule has 0 radical (unpaired) electrons. The van der Waals surface area contributed by atoms with Gasteiger partial charge in [0.2, 0.25) is 5.91 Å². The van der Waals surface area contributed by atoms with Crippen molar-refractivity contribution < 1.29 is 14.8 Å². The highest BCUT2D eigenvalue weighted by Gasteiger charge is 2.09. The van der Waals surface area contributed by atoms with Crippen molar-refractivity contribution in [2.75, 3.05) is 0 Å². The maximum atomic E-state index is 11.7. The Labute approximate surface area is 134 Å². The fourth-order valence-corrected chi connectivity index (χ4v) is 1.93. The lowest BCUT2D eigenvalue weighted by Crippen LogP contribution is -2.29. The van der Waals surface area contributed by atoms with Gasteiger partial charge in [0.1, 0.15) is 0 Å². The number of halogens is 1. The first kappa shape index (κ1) is 16.3. The lowest BCUT2D eigenvalue weighted by molar-refractivity contribution is -0.116. The van der Waals surface area contributed by atoms with Crippen molar-refractivity contribution in [1.29, 1.82) is 0 Å². The molecule has 0 saturated heterocycles. The molecule has 2 rings (SSSR count). The second-order valence-electron chi connectivity index (χ2n) is 4.72. The average molecular weight is 316 g/mol. The average Bonchev–Trinajstić information content (AvgIpc) is 2.52. The molecule has 2 aromatic rings. The number of rotatable bonds is 5. The maximum Gasteiger partial charge on any atom is 0.488 e. The van der Waals surface area contributed by atoms with Gasteiger partial charge in [0.25, 0.3) is 0 Å². The van der Waals surface area contributed by atoms with E-state index in [9.17, 15) is 4.79 Å². The van der Waals surface area contributed by atoms with Crippen LogP contribution in [0.15, 0.2) is 54.6 Å². The molecule has 6 heteroatoms. The van der Waals surface area contributed by atoms with E-state index in [1.807, 2.05) is 12.1 Å². The molecule has 0 saturated carbocycles. The SMILES string of the molecule is O=C(/C=C/c1ccc(Cl)cc1)NCc1ccc(B(O)O)cc1. The Balaban J connectivity index is 1.85. The third-order valence-corrected chi connectivity index (χ3v) is 3.29. The van der Waals surface area contributed by atoms with E-state index in [0.717, 1.165) is 11.1 Å². The summed E-state index contributed by atoms with van der Waals surface area (Å²) in [5.41, 5.74) is 2.18. The highest BCUT2D eigenvalue weighted by molar-refractivity contribution is 6.58. The van der Waals surface area contributed by atoms with Gasteiger partial charge < -0.3 is 15.4 Å². The van der Waals surface area contributed by atoms with Crippen molar-refractivity contribution in [2.24, 2.45) is 0 Å². The van der Waals surface area contributed by atoms with Crippen LogP contribution >= 0.6 is 11.6 Å². The Kier molecular flexibility index (Phi) is 5.78. The van der Waals surface area contributed by atoms with Crippen LogP contribution in [-0.2, 0) is 11.3 Å². The van der Waals surface area contributed by atoms with Gasteiger partial charge in [-0.2, -0.15) is 0 Å². The molecule has 1 amide bonds. The van der Waals surface area contributed by atoms with Crippen molar-refractivity contribution in [3.63, 3.8) is 0 Å². The van der Waals surface area contributed by atoms with Crippen LogP contribution in [0.25, 0.3) is 6.08 Å². The summed E-state index contributed by atoms with van der Waals surface area (Å²) in [5, 5.41) is 21.4. The van der Waals surface area contributed by atoms with Crippen LogP contribution in [0.3, 0.4) is 0 Å². The third kappa shape index (κ3) is 5.04. The summed E-state index contributed by atoms with van der Waals surface area (Å²) < 4.78 is 0. The summed E-state index contributed by atoms with van der Waals surface area (Å²) in [6, 6.07) is 13.9. The van der Waals surface area contributed by atoms with Crippen molar-refractivity contribution in [3.05, 3.63) is 70.8 Å². The van der Waals surface area contributed by atoms with Gasteiger partial charge in [-0.15, -0.1) is 0 Å². The fourth-order valence-electron chi connectivity index (χ4n) is 1.80. The van der Waals surface area contributed by atoms with Gasteiger partial charge in [0.15, 0.2) is 0 Å². The number of hydrogen-bond acceptors (Lipinski definition) is 3. The molecule has 0 aliphatic rings. The van der Waals surface area contributed by atoms with Crippen LogP contribution in [0.4, 0.5) is 0 Å². The highest BCUT2D eigenvalue weighted by atomic mass is 35.5. The van der Waals surface area contributed by atoms with Gasteiger partial charge in [-0.1, -0.05) is 48.0 Å². The van der Waals surface area contributed by atoms with E-state index in [0.29, 0.717) is 17.0 Å². The lowest BCUT2D eigenvalue weighted by Gasteiger charge is -2.04. The number of amides is 1. The number of hydrogen-bond donors (Lipinski definition) is 3. The molecule has 0 spiro atoms. The van der Waals surface area contributed by atoms with E-state index >= 15 is 0 Å². The van der Waals surface area contributed by atoms with Crippen molar-refractivity contribution >= 4 is 36.2 Å². The molecule has 0 aromatic heterocycles. The molecule has 0 bridgehead atoms. The minimum Gasteiger partial charge on any atom is -0.423 e. The van der Waals surface area contributed by atoms with Gasteiger partial charge in [-0.25, -0.2) is 0 Å². The molecule has 4 nitrogen and oxygen atoms in total. The predicted molar refractivity (Wildman–Crippen MR) is 88.6 cm³/mol. The molecule has 0 atom stereocenters.